The minimum atomic E-state index is -1.29. The molecule has 0 unspecified atom stereocenters. The minimum absolute atomic E-state index is 0.202. The maximum absolute atomic E-state index is 12.6. The monoisotopic (exact) mass is 462 g/mol. The highest BCUT2D eigenvalue weighted by Gasteiger charge is 2.54. The van der Waals surface area contributed by atoms with Crippen LogP contribution in [0.3, 0.4) is 0 Å². The second-order valence-electron chi connectivity index (χ2n) is 6.88. The Morgan fingerprint density at radius 3 is 2.59 bits per heavy atom. The Hall–Kier alpha value is -3.47. The first kappa shape index (κ1) is 23.2. The average Bonchev–Trinajstić information content (AvgIpc) is 2.78. The van der Waals surface area contributed by atoms with E-state index in [1.807, 2.05) is 0 Å². The van der Waals surface area contributed by atoms with Crippen LogP contribution in [0, 0.1) is 0 Å². The zero-order valence-corrected chi connectivity index (χ0v) is 18.4. The Bertz CT molecular complexity index is 1020. The largest absolute Gasteiger partial charge is 0.493 e. The summed E-state index contributed by atoms with van der Waals surface area (Å²) < 4.78 is 15.3. The summed E-state index contributed by atoms with van der Waals surface area (Å²) in [4.78, 5) is 48.8. The molecule has 1 aromatic carbocycles. The lowest BCUT2D eigenvalue weighted by Gasteiger charge is -2.49. The van der Waals surface area contributed by atoms with Crippen molar-refractivity contribution in [2.75, 3.05) is 26.6 Å². The zero-order chi connectivity index (χ0) is 23.4. The van der Waals surface area contributed by atoms with Crippen molar-refractivity contribution in [2.24, 2.45) is 0 Å². The summed E-state index contributed by atoms with van der Waals surface area (Å²) >= 11 is 1.29. The van der Waals surface area contributed by atoms with E-state index in [0.29, 0.717) is 22.6 Å². The highest BCUT2D eigenvalue weighted by atomic mass is 32.2. The normalized spacial score (nSPS) is 19.8. The number of carboxylic acid groups (broad SMARTS) is 1. The van der Waals surface area contributed by atoms with Gasteiger partial charge >= 0.3 is 11.9 Å². The van der Waals surface area contributed by atoms with Crippen molar-refractivity contribution in [3.05, 3.63) is 41.1 Å². The standard InChI is InChI=1S/C21H22N2O8S/c1-11(24)31-9-13-10-32-20-17(19(26)23(20)18(13)21(27)28)22-16(25)7-5-12-4-6-14(29-2)15(8-12)30-3/h4-8,17,20H,9-10H2,1-3H3,(H,22,25)(H,27,28)/b7-5+/t17-,20-/m1/s1. The minimum Gasteiger partial charge on any atom is -0.493 e. The van der Waals surface area contributed by atoms with Crippen LogP contribution in [0.4, 0.5) is 0 Å². The van der Waals surface area contributed by atoms with Crippen molar-refractivity contribution in [1.82, 2.24) is 10.2 Å². The van der Waals surface area contributed by atoms with Gasteiger partial charge in [-0.3, -0.25) is 19.3 Å². The maximum Gasteiger partial charge on any atom is 0.352 e. The summed E-state index contributed by atoms with van der Waals surface area (Å²) in [6, 6.07) is 4.29. The number of carbonyl (C=O) groups is 4. The molecule has 0 saturated carbocycles. The van der Waals surface area contributed by atoms with E-state index in [9.17, 15) is 24.3 Å². The fraction of sp³-hybridized carbons (Fsp3) is 0.333. The molecule has 2 atom stereocenters. The fourth-order valence-corrected chi connectivity index (χ4v) is 4.64. The number of hydrogen-bond acceptors (Lipinski definition) is 8. The third-order valence-electron chi connectivity index (χ3n) is 4.83. The Labute approximate surface area is 188 Å². The van der Waals surface area contributed by atoms with Gasteiger partial charge in [-0.1, -0.05) is 6.07 Å². The number of methoxy groups -OCH3 is 2. The van der Waals surface area contributed by atoms with Crippen LogP contribution in [0.25, 0.3) is 6.08 Å². The van der Waals surface area contributed by atoms with Gasteiger partial charge in [0, 0.05) is 24.3 Å². The van der Waals surface area contributed by atoms with Gasteiger partial charge in [0.1, 0.15) is 23.7 Å². The molecule has 0 radical (unpaired) electrons. The van der Waals surface area contributed by atoms with Gasteiger partial charge in [0.25, 0.3) is 5.91 Å². The summed E-state index contributed by atoms with van der Waals surface area (Å²) in [5.41, 5.74) is 0.824. The average molecular weight is 462 g/mol. The van der Waals surface area contributed by atoms with E-state index < -0.39 is 35.2 Å². The van der Waals surface area contributed by atoms with E-state index in [2.05, 4.69) is 5.32 Å². The smallest absolute Gasteiger partial charge is 0.352 e. The van der Waals surface area contributed by atoms with Gasteiger partial charge in [0.15, 0.2) is 11.5 Å². The second-order valence-corrected chi connectivity index (χ2v) is 7.99. The van der Waals surface area contributed by atoms with Crippen molar-refractivity contribution in [2.45, 2.75) is 18.3 Å². The van der Waals surface area contributed by atoms with Gasteiger partial charge in [0.2, 0.25) is 5.91 Å². The van der Waals surface area contributed by atoms with Crippen LogP contribution >= 0.6 is 11.8 Å². The molecule has 2 N–H and O–H groups in total. The summed E-state index contributed by atoms with van der Waals surface area (Å²) in [6.45, 7) is 1.02. The highest BCUT2D eigenvalue weighted by molar-refractivity contribution is 8.00. The first-order chi connectivity index (χ1) is 15.3. The van der Waals surface area contributed by atoms with E-state index in [1.54, 1.807) is 24.3 Å². The predicted octanol–water partition coefficient (Wildman–Crippen LogP) is 1.02. The number of β-lactam (4-membered cyclic amide) rings is 1. The molecule has 170 valence electrons. The van der Waals surface area contributed by atoms with Gasteiger partial charge < -0.3 is 24.6 Å². The first-order valence-corrected chi connectivity index (χ1v) is 10.6. The van der Waals surface area contributed by atoms with Crippen molar-refractivity contribution in [3.8, 4) is 11.5 Å². The molecule has 10 nitrogen and oxygen atoms in total. The molecule has 0 aliphatic carbocycles. The van der Waals surface area contributed by atoms with Gasteiger partial charge in [-0.15, -0.1) is 11.8 Å². The third kappa shape index (κ3) is 4.72. The topological polar surface area (TPSA) is 131 Å². The summed E-state index contributed by atoms with van der Waals surface area (Å²) in [7, 11) is 3.03. The number of thioether (sulfide) groups is 1. The molecule has 2 amide bonds. The van der Waals surface area contributed by atoms with E-state index in [0.717, 1.165) is 4.90 Å². The van der Waals surface area contributed by atoms with Crippen molar-refractivity contribution in [3.63, 3.8) is 0 Å². The number of hydrogen-bond donors (Lipinski definition) is 2. The second kappa shape index (κ2) is 9.77. The third-order valence-corrected chi connectivity index (χ3v) is 6.17. The molecule has 2 heterocycles. The van der Waals surface area contributed by atoms with E-state index in [1.165, 1.54) is 39.0 Å². The molecule has 0 bridgehead atoms. The SMILES string of the molecule is COc1ccc(/C=C/C(=O)N[C@@H]2C(=O)N3C(C(=O)O)=C(COC(C)=O)CS[C@H]23)cc1OC. The number of carbonyl (C=O) groups excluding carboxylic acids is 3. The van der Waals surface area contributed by atoms with Crippen LogP contribution in [0.2, 0.25) is 0 Å². The maximum atomic E-state index is 12.6. The fourth-order valence-electron chi connectivity index (χ4n) is 3.31. The van der Waals surface area contributed by atoms with Crippen molar-refractivity contribution >= 4 is 41.6 Å². The van der Waals surface area contributed by atoms with E-state index >= 15 is 0 Å². The molecule has 2 aliphatic rings. The number of ether oxygens (including phenoxy) is 3. The van der Waals surface area contributed by atoms with Crippen molar-refractivity contribution in [1.29, 1.82) is 0 Å². The van der Waals surface area contributed by atoms with Crippen LogP contribution in [0.5, 0.6) is 11.5 Å². The molecule has 32 heavy (non-hydrogen) atoms. The summed E-state index contributed by atoms with van der Waals surface area (Å²) in [5.74, 6) is -1.54. The van der Waals surface area contributed by atoms with E-state index in [4.69, 9.17) is 14.2 Å². The van der Waals surface area contributed by atoms with Gasteiger partial charge in [0.05, 0.1) is 14.2 Å². The molecule has 0 spiro atoms. The first-order valence-electron chi connectivity index (χ1n) is 9.50. The lowest BCUT2D eigenvalue weighted by Crippen LogP contribution is -2.70. The predicted molar refractivity (Wildman–Crippen MR) is 115 cm³/mol. The molecule has 1 fully saturated rings. The Kier molecular flexibility index (Phi) is 7.08. The molecule has 0 aromatic heterocycles. The van der Waals surface area contributed by atoms with Gasteiger partial charge in [-0.05, 0) is 23.8 Å². The lowest BCUT2D eigenvalue weighted by atomic mass is 10.0. The number of esters is 1. The molecule has 1 aromatic rings. The van der Waals surface area contributed by atoms with E-state index in [-0.39, 0.29) is 18.1 Å². The number of nitrogens with zero attached hydrogens (tertiary/aromatic N) is 1. The van der Waals surface area contributed by atoms with Crippen LogP contribution < -0.4 is 14.8 Å². The highest BCUT2D eigenvalue weighted by Crippen LogP contribution is 2.40. The van der Waals surface area contributed by atoms with Crippen LogP contribution in [0.15, 0.2) is 35.5 Å². The van der Waals surface area contributed by atoms with Crippen molar-refractivity contribution < 1.29 is 38.5 Å². The lowest BCUT2D eigenvalue weighted by molar-refractivity contribution is -0.150. The van der Waals surface area contributed by atoms with Crippen LogP contribution in [0.1, 0.15) is 12.5 Å². The van der Waals surface area contributed by atoms with Gasteiger partial charge in [-0.25, -0.2) is 4.79 Å². The van der Waals surface area contributed by atoms with Gasteiger partial charge in [-0.2, -0.15) is 0 Å². The van der Waals surface area contributed by atoms with Crippen LogP contribution in [-0.2, 0) is 23.9 Å². The zero-order valence-electron chi connectivity index (χ0n) is 17.6. The van der Waals surface area contributed by atoms with Crippen LogP contribution in [-0.4, -0.2) is 71.8 Å². The Morgan fingerprint density at radius 2 is 1.97 bits per heavy atom. The molecular weight excluding hydrogens is 440 g/mol. The number of benzene rings is 1. The molecule has 3 rings (SSSR count). The summed E-state index contributed by atoms with van der Waals surface area (Å²) in [5, 5.41) is 11.6. The quantitative estimate of drug-likeness (QED) is 0.330. The Balaban J connectivity index is 1.67. The molecule has 2 aliphatic heterocycles. The number of amides is 2. The number of aliphatic carboxylic acids is 1. The number of rotatable bonds is 8. The number of carboxylic acids is 1. The number of nitrogens with one attached hydrogen (secondary N) is 1. The summed E-state index contributed by atoms with van der Waals surface area (Å²) in [6.07, 6.45) is 2.84. The molecular formula is C21H22N2O8S. The Morgan fingerprint density at radius 1 is 1.25 bits per heavy atom. The molecule has 1 saturated heterocycles. The number of fused-ring (bicyclic) bond motifs is 1. The molecule has 11 heteroatoms.